The maximum absolute atomic E-state index is 12.4. The lowest BCUT2D eigenvalue weighted by Crippen LogP contribution is -2.22. The zero-order valence-electron chi connectivity index (χ0n) is 11.0. The molecule has 0 aromatic heterocycles. The molecule has 4 nitrogen and oxygen atoms in total. The summed E-state index contributed by atoms with van der Waals surface area (Å²) in [7, 11) is 0. The summed E-state index contributed by atoms with van der Waals surface area (Å²) in [5, 5.41) is 9.20. The highest BCUT2D eigenvalue weighted by molar-refractivity contribution is 6.12. The Morgan fingerprint density at radius 3 is 2.50 bits per heavy atom. The smallest absolute Gasteiger partial charge is 0.336 e. The minimum absolute atomic E-state index is 0.146. The summed E-state index contributed by atoms with van der Waals surface area (Å²) in [5.74, 6) is -1.15. The summed E-state index contributed by atoms with van der Waals surface area (Å²) in [4.78, 5) is 25.2. The van der Waals surface area contributed by atoms with Gasteiger partial charge in [0, 0.05) is 11.3 Å². The second-order valence-corrected chi connectivity index (χ2v) is 4.86. The molecule has 0 atom stereocenters. The van der Waals surface area contributed by atoms with E-state index in [0.29, 0.717) is 17.7 Å². The van der Waals surface area contributed by atoms with Crippen molar-refractivity contribution < 1.29 is 14.7 Å². The first-order valence-electron chi connectivity index (χ1n) is 6.31. The van der Waals surface area contributed by atoms with Gasteiger partial charge in [0.25, 0.3) is 5.91 Å². The number of aromatic carboxylic acids is 1. The monoisotopic (exact) mass is 267 g/mol. The fourth-order valence-corrected chi connectivity index (χ4v) is 2.47. The van der Waals surface area contributed by atoms with Gasteiger partial charge in [-0.05, 0) is 36.8 Å². The van der Waals surface area contributed by atoms with E-state index in [0.717, 1.165) is 11.3 Å². The minimum Gasteiger partial charge on any atom is -0.478 e. The maximum Gasteiger partial charge on any atom is 0.336 e. The zero-order valence-corrected chi connectivity index (χ0v) is 11.0. The highest BCUT2D eigenvalue weighted by Crippen LogP contribution is 2.30. The topological polar surface area (TPSA) is 57.6 Å². The van der Waals surface area contributed by atoms with Crippen LogP contribution in [0, 0.1) is 6.92 Å². The number of nitrogens with zero attached hydrogens (tertiary/aromatic N) is 1. The number of rotatable bonds is 2. The second-order valence-electron chi connectivity index (χ2n) is 4.86. The average Bonchev–Trinajstić information content (AvgIpc) is 2.77. The first-order chi connectivity index (χ1) is 9.58. The Labute approximate surface area is 116 Å². The summed E-state index contributed by atoms with van der Waals surface area (Å²) < 4.78 is 0. The summed E-state index contributed by atoms with van der Waals surface area (Å²) in [6, 6.07) is 12.4. The molecule has 0 radical (unpaired) electrons. The number of carbonyl (C=O) groups is 2. The number of amides is 1. The number of anilines is 1. The zero-order chi connectivity index (χ0) is 14.3. The molecular weight excluding hydrogens is 254 g/mol. The first-order valence-corrected chi connectivity index (χ1v) is 6.31. The highest BCUT2D eigenvalue weighted by Gasteiger charge is 2.31. The molecule has 4 heteroatoms. The molecule has 100 valence electrons. The first kappa shape index (κ1) is 12.4. The van der Waals surface area contributed by atoms with Crippen molar-refractivity contribution in [3.8, 4) is 0 Å². The number of benzene rings is 2. The van der Waals surface area contributed by atoms with Crippen LogP contribution in [0.15, 0.2) is 42.5 Å². The predicted molar refractivity (Wildman–Crippen MR) is 75.1 cm³/mol. The Morgan fingerprint density at radius 2 is 1.85 bits per heavy atom. The lowest BCUT2D eigenvalue weighted by Gasteiger charge is -2.15. The van der Waals surface area contributed by atoms with Gasteiger partial charge in [-0.15, -0.1) is 0 Å². The molecule has 0 spiro atoms. The van der Waals surface area contributed by atoms with E-state index in [2.05, 4.69) is 0 Å². The van der Waals surface area contributed by atoms with Gasteiger partial charge in [0.1, 0.15) is 0 Å². The summed E-state index contributed by atoms with van der Waals surface area (Å²) in [6.07, 6.45) is 0. The van der Waals surface area contributed by atoms with Gasteiger partial charge in [0.15, 0.2) is 0 Å². The SMILES string of the molecule is Cc1ccc(N2Cc3c(C(=O)O)cccc3C2=O)cc1. The van der Waals surface area contributed by atoms with Crippen LogP contribution in [0.3, 0.4) is 0 Å². The van der Waals surface area contributed by atoms with Gasteiger partial charge in [0.2, 0.25) is 0 Å². The molecule has 1 heterocycles. The fraction of sp³-hybridized carbons (Fsp3) is 0.125. The van der Waals surface area contributed by atoms with Gasteiger partial charge >= 0.3 is 5.97 Å². The van der Waals surface area contributed by atoms with Crippen molar-refractivity contribution in [1.82, 2.24) is 0 Å². The third-order valence-corrected chi connectivity index (χ3v) is 3.54. The van der Waals surface area contributed by atoms with E-state index in [1.807, 2.05) is 31.2 Å². The third kappa shape index (κ3) is 1.86. The maximum atomic E-state index is 12.4. The molecule has 0 aliphatic carbocycles. The van der Waals surface area contributed by atoms with Crippen LogP contribution in [0.2, 0.25) is 0 Å². The van der Waals surface area contributed by atoms with E-state index < -0.39 is 5.97 Å². The van der Waals surface area contributed by atoms with Crippen molar-refractivity contribution in [3.63, 3.8) is 0 Å². The Hall–Kier alpha value is -2.62. The quantitative estimate of drug-likeness (QED) is 0.910. The molecule has 2 aromatic rings. The molecule has 0 saturated carbocycles. The Kier molecular flexibility index (Phi) is 2.79. The number of carboxylic acids is 1. The van der Waals surface area contributed by atoms with E-state index >= 15 is 0 Å². The minimum atomic E-state index is -1.000. The normalized spacial score (nSPS) is 13.4. The summed E-state index contributed by atoms with van der Waals surface area (Å²) >= 11 is 0. The van der Waals surface area contributed by atoms with Gasteiger partial charge in [-0.2, -0.15) is 0 Å². The average molecular weight is 267 g/mol. The van der Waals surface area contributed by atoms with Gasteiger partial charge in [-0.25, -0.2) is 4.79 Å². The fourth-order valence-electron chi connectivity index (χ4n) is 2.47. The molecule has 0 saturated heterocycles. The van der Waals surface area contributed by atoms with Crippen molar-refractivity contribution in [2.45, 2.75) is 13.5 Å². The number of hydrogen-bond acceptors (Lipinski definition) is 2. The van der Waals surface area contributed by atoms with Crippen molar-refractivity contribution in [2.75, 3.05) is 4.90 Å². The molecule has 20 heavy (non-hydrogen) atoms. The number of carbonyl (C=O) groups excluding carboxylic acids is 1. The number of fused-ring (bicyclic) bond motifs is 1. The van der Waals surface area contributed by atoms with Crippen LogP contribution >= 0.6 is 0 Å². The van der Waals surface area contributed by atoms with Gasteiger partial charge in [-0.3, -0.25) is 4.79 Å². The molecule has 3 rings (SSSR count). The van der Waals surface area contributed by atoms with Crippen molar-refractivity contribution in [2.24, 2.45) is 0 Å². The molecule has 0 unspecified atom stereocenters. The molecule has 1 aliphatic rings. The number of hydrogen-bond donors (Lipinski definition) is 1. The highest BCUT2D eigenvalue weighted by atomic mass is 16.4. The van der Waals surface area contributed by atoms with Crippen LogP contribution < -0.4 is 4.90 Å². The molecule has 1 amide bonds. The number of carboxylic acid groups (broad SMARTS) is 1. The van der Waals surface area contributed by atoms with Gasteiger partial charge < -0.3 is 10.0 Å². The third-order valence-electron chi connectivity index (χ3n) is 3.54. The standard InChI is InChI=1S/C16H13NO3/c1-10-5-7-11(8-6-10)17-9-14-12(15(17)18)3-2-4-13(14)16(19)20/h2-8H,9H2,1H3,(H,19,20). The summed E-state index contributed by atoms with van der Waals surface area (Å²) in [6.45, 7) is 2.28. The predicted octanol–water partition coefficient (Wildman–Crippen LogP) is 2.85. The Balaban J connectivity index is 2.04. The largest absolute Gasteiger partial charge is 0.478 e. The molecule has 0 bridgehead atoms. The molecule has 0 fully saturated rings. The van der Waals surface area contributed by atoms with Crippen LogP contribution in [0.25, 0.3) is 0 Å². The van der Waals surface area contributed by atoms with E-state index in [1.165, 1.54) is 6.07 Å². The van der Waals surface area contributed by atoms with Crippen LogP contribution in [0.5, 0.6) is 0 Å². The van der Waals surface area contributed by atoms with E-state index in [4.69, 9.17) is 0 Å². The Morgan fingerprint density at radius 1 is 1.15 bits per heavy atom. The number of aryl methyl sites for hydroxylation is 1. The van der Waals surface area contributed by atoms with Gasteiger partial charge in [0.05, 0.1) is 12.1 Å². The van der Waals surface area contributed by atoms with E-state index in [1.54, 1.807) is 17.0 Å². The molecular formula is C16H13NO3. The molecule has 2 aromatic carbocycles. The lowest BCUT2D eigenvalue weighted by molar-refractivity contribution is 0.0695. The second kappa shape index (κ2) is 4.49. The molecule has 1 N–H and O–H groups in total. The lowest BCUT2D eigenvalue weighted by atomic mass is 10.0. The van der Waals surface area contributed by atoms with Crippen LogP contribution in [0.4, 0.5) is 5.69 Å². The van der Waals surface area contributed by atoms with E-state index in [-0.39, 0.29) is 11.5 Å². The van der Waals surface area contributed by atoms with Crippen molar-refractivity contribution in [3.05, 3.63) is 64.7 Å². The Bertz CT molecular complexity index is 704. The van der Waals surface area contributed by atoms with Crippen LogP contribution in [-0.4, -0.2) is 17.0 Å². The van der Waals surface area contributed by atoms with Gasteiger partial charge in [-0.1, -0.05) is 23.8 Å². The molecule has 1 aliphatic heterocycles. The van der Waals surface area contributed by atoms with Crippen molar-refractivity contribution >= 4 is 17.6 Å². The van der Waals surface area contributed by atoms with Crippen LogP contribution in [0.1, 0.15) is 31.8 Å². The summed E-state index contributed by atoms with van der Waals surface area (Å²) in [5.41, 5.74) is 3.17. The van der Waals surface area contributed by atoms with E-state index in [9.17, 15) is 14.7 Å². The van der Waals surface area contributed by atoms with Crippen LogP contribution in [-0.2, 0) is 6.54 Å². The van der Waals surface area contributed by atoms with Crippen molar-refractivity contribution in [1.29, 1.82) is 0 Å².